The van der Waals surface area contributed by atoms with Gasteiger partial charge in [0.15, 0.2) is 0 Å². The molecule has 1 amide bonds. The Kier molecular flexibility index (Phi) is 5.15. The SMILES string of the molecule is Cc1ccsc1C(C)NC(C)C(=O)NC(C)C. The van der Waals surface area contributed by atoms with Gasteiger partial charge in [-0.15, -0.1) is 11.3 Å². The van der Waals surface area contributed by atoms with Crippen LogP contribution in [0.15, 0.2) is 11.4 Å². The van der Waals surface area contributed by atoms with Gasteiger partial charge in [-0.1, -0.05) is 0 Å². The number of carbonyl (C=O) groups excluding carboxylic acids is 1. The molecule has 0 aliphatic heterocycles. The average molecular weight is 254 g/mol. The Bertz CT molecular complexity index is 373. The van der Waals surface area contributed by atoms with Gasteiger partial charge in [-0.2, -0.15) is 0 Å². The Morgan fingerprint density at radius 3 is 2.41 bits per heavy atom. The fraction of sp³-hybridized carbons (Fsp3) is 0.615. The van der Waals surface area contributed by atoms with E-state index in [1.165, 1.54) is 10.4 Å². The second-order valence-electron chi connectivity index (χ2n) is 4.74. The molecule has 1 heterocycles. The minimum Gasteiger partial charge on any atom is -0.353 e. The summed E-state index contributed by atoms with van der Waals surface area (Å²) < 4.78 is 0. The standard InChI is InChI=1S/C13H22N2OS/c1-8(2)14-13(16)11(5)15-10(4)12-9(3)6-7-17-12/h6-8,10-11,15H,1-5H3,(H,14,16). The van der Waals surface area contributed by atoms with E-state index in [1.54, 1.807) is 11.3 Å². The number of nitrogens with one attached hydrogen (secondary N) is 2. The van der Waals surface area contributed by atoms with Crippen LogP contribution in [0.5, 0.6) is 0 Å². The summed E-state index contributed by atoms with van der Waals surface area (Å²) in [5, 5.41) is 8.32. The van der Waals surface area contributed by atoms with Crippen molar-refractivity contribution in [1.82, 2.24) is 10.6 Å². The van der Waals surface area contributed by atoms with Crippen LogP contribution in [0.4, 0.5) is 0 Å². The van der Waals surface area contributed by atoms with Crippen molar-refractivity contribution in [3.8, 4) is 0 Å². The summed E-state index contributed by atoms with van der Waals surface area (Å²) in [4.78, 5) is 13.1. The van der Waals surface area contributed by atoms with Crippen molar-refractivity contribution < 1.29 is 4.79 Å². The van der Waals surface area contributed by atoms with Crippen LogP contribution in [0, 0.1) is 6.92 Å². The summed E-state index contributed by atoms with van der Waals surface area (Å²) in [5.41, 5.74) is 1.28. The maximum atomic E-state index is 11.8. The molecule has 0 aromatic carbocycles. The summed E-state index contributed by atoms with van der Waals surface area (Å²) >= 11 is 1.73. The van der Waals surface area contributed by atoms with Gasteiger partial charge in [0.1, 0.15) is 0 Å². The molecule has 1 aromatic rings. The molecule has 4 heteroatoms. The maximum Gasteiger partial charge on any atom is 0.237 e. The summed E-state index contributed by atoms with van der Waals surface area (Å²) in [7, 11) is 0. The number of aryl methyl sites for hydroxylation is 1. The van der Waals surface area contributed by atoms with Crippen molar-refractivity contribution in [3.63, 3.8) is 0 Å². The van der Waals surface area contributed by atoms with E-state index in [-0.39, 0.29) is 24.0 Å². The van der Waals surface area contributed by atoms with E-state index >= 15 is 0 Å². The number of carbonyl (C=O) groups is 1. The van der Waals surface area contributed by atoms with E-state index in [1.807, 2.05) is 20.8 Å². The van der Waals surface area contributed by atoms with Crippen LogP contribution in [0.25, 0.3) is 0 Å². The lowest BCUT2D eigenvalue weighted by Gasteiger charge is -2.20. The molecule has 96 valence electrons. The second kappa shape index (κ2) is 6.17. The largest absolute Gasteiger partial charge is 0.353 e. The summed E-state index contributed by atoms with van der Waals surface area (Å²) in [5.74, 6) is 0.0565. The predicted octanol–water partition coefficient (Wildman–Crippen LogP) is 2.62. The van der Waals surface area contributed by atoms with Crippen molar-refractivity contribution in [2.24, 2.45) is 0 Å². The van der Waals surface area contributed by atoms with Gasteiger partial charge in [-0.05, 0) is 51.6 Å². The molecular formula is C13H22N2OS. The zero-order valence-corrected chi connectivity index (χ0v) is 12.0. The van der Waals surface area contributed by atoms with E-state index in [0.29, 0.717) is 0 Å². The molecule has 2 unspecified atom stereocenters. The number of rotatable bonds is 5. The lowest BCUT2D eigenvalue weighted by atomic mass is 10.1. The first-order valence-corrected chi connectivity index (χ1v) is 6.90. The number of hydrogen-bond acceptors (Lipinski definition) is 3. The molecule has 1 aromatic heterocycles. The monoisotopic (exact) mass is 254 g/mol. The fourth-order valence-electron chi connectivity index (χ4n) is 1.76. The molecule has 0 fully saturated rings. The van der Waals surface area contributed by atoms with Crippen LogP contribution in [0.2, 0.25) is 0 Å². The van der Waals surface area contributed by atoms with Crippen molar-refractivity contribution in [3.05, 3.63) is 21.9 Å². The van der Waals surface area contributed by atoms with Crippen LogP contribution >= 0.6 is 11.3 Å². The van der Waals surface area contributed by atoms with Crippen LogP contribution in [-0.2, 0) is 4.79 Å². The molecule has 2 atom stereocenters. The zero-order valence-electron chi connectivity index (χ0n) is 11.2. The molecule has 0 bridgehead atoms. The molecule has 0 aliphatic carbocycles. The Morgan fingerprint density at radius 1 is 1.29 bits per heavy atom. The van der Waals surface area contributed by atoms with Crippen LogP contribution in [-0.4, -0.2) is 18.0 Å². The minimum atomic E-state index is -0.172. The Balaban J connectivity index is 2.54. The zero-order chi connectivity index (χ0) is 13.0. The highest BCUT2D eigenvalue weighted by molar-refractivity contribution is 7.10. The van der Waals surface area contributed by atoms with Crippen LogP contribution in [0.3, 0.4) is 0 Å². The lowest BCUT2D eigenvalue weighted by Crippen LogP contribution is -2.45. The van der Waals surface area contributed by atoms with E-state index in [4.69, 9.17) is 0 Å². The Hall–Kier alpha value is -0.870. The molecule has 0 saturated carbocycles. The molecule has 0 saturated heterocycles. The molecule has 2 N–H and O–H groups in total. The van der Waals surface area contributed by atoms with E-state index in [2.05, 4.69) is 35.9 Å². The number of hydrogen-bond donors (Lipinski definition) is 2. The number of amides is 1. The van der Waals surface area contributed by atoms with E-state index in [0.717, 1.165) is 0 Å². The van der Waals surface area contributed by atoms with Crippen molar-refractivity contribution in [2.75, 3.05) is 0 Å². The smallest absolute Gasteiger partial charge is 0.237 e. The van der Waals surface area contributed by atoms with Crippen molar-refractivity contribution >= 4 is 17.2 Å². The van der Waals surface area contributed by atoms with Gasteiger partial charge in [0, 0.05) is 17.0 Å². The first kappa shape index (κ1) is 14.2. The summed E-state index contributed by atoms with van der Waals surface area (Å²) in [6, 6.07) is 2.33. The lowest BCUT2D eigenvalue weighted by molar-refractivity contribution is -0.123. The third-order valence-corrected chi connectivity index (χ3v) is 3.82. The third-order valence-electron chi connectivity index (χ3n) is 2.62. The topological polar surface area (TPSA) is 41.1 Å². The average Bonchev–Trinajstić information content (AvgIpc) is 2.63. The first-order chi connectivity index (χ1) is 7.91. The highest BCUT2D eigenvalue weighted by Crippen LogP contribution is 2.23. The van der Waals surface area contributed by atoms with Crippen LogP contribution in [0.1, 0.15) is 44.2 Å². The summed E-state index contributed by atoms with van der Waals surface area (Å²) in [6.07, 6.45) is 0. The molecule has 0 aliphatic rings. The van der Waals surface area contributed by atoms with E-state index < -0.39 is 0 Å². The van der Waals surface area contributed by atoms with Gasteiger partial charge >= 0.3 is 0 Å². The molecule has 0 radical (unpaired) electrons. The molecule has 17 heavy (non-hydrogen) atoms. The van der Waals surface area contributed by atoms with Gasteiger partial charge in [-0.3, -0.25) is 10.1 Å². The van der Waals surface area contributed by atoms with Gasteiger partial charge in [0.05, 0.1) is 6.04 Å². The van der Waals surface area contributed by atoms with Gasteiger partial charge in [0.2, 0.25) is 5.91 Å². The Morgan fingerprint density at radius 2 is 1.94 bits per heavy atom. The predicted molar refractivity (Wildman–Crippen MR) is 73.3 cm³/mol. The molecule has 3 nitrogen and oxygen atoms in total. The quantitative estimate of drug-likeness (QED) is 0.848. The Labute approximate surface area is 108 Å². The number of thiophene rings is 1. The summed E-state index contributed by atoms with van der Waals surface area (Å²) in [6.45, 7) is 10.0. The highest BCUT2D eigenvalue weighted by Gasteiger charge is 2.18. The van der Waals surface area contributed by atoms with Crippen LogP contribution < -0.4 is 10.6 Å². The second-order valence-corrected chi connectivity index (χ2v) is 5.69. The third kappa shape index (κ3) is 4.13. The van der Waals surface area contributed by atoms with Crippen molar-refractivity contribution in [1.29, 1.82) is 0 Å². The molecular weight excluding hydrogens is 232 g/mol. The molecule has 1 rings (SSSR count). The van der Waals surface area contributed by atoms with Gasteiger partial charge in [0.25, 0.3) is 0 Å². The highest BCUT2D eigenvalue weighted by atomic mass is 32.1. The van der Waals surface area contributed by atoms with Crippen molar-refractivity contribution in [2.45, 2.75) is 52.7 Å². The first-order valence-electron chi connectivity index (χ1n) is 6.02. The van der Waals surface area contributed by atoms with E-state index in [9.17, 15) is 4.79 Å². The fourth-order valence-corrected chi connectivity index (χ4v) is 2.71. The maximum absolute atomic E-state index is 11.8. The molecule has 0 spiro atoms. The normalized spacial score (nSPS) is 14.7. The van der Waals surface area contributed by atoms with Gasteiger partial charge < -0.3 is 5.32 Å². The minimum absolute atomic E-state index is 0.0565. The van der Waals surface area contributed by atoms with Gasteiger partial charge in [-0.25, -0.2) is 0 Å².